The van der Waals surface area contributed by atoms with Gasteiger partial charge in [0.25, 0.3) is 0 Å². The molecule has 0 bridgehead atoms. The van der Waals surface area contributed by atoms with Gasteiger partial charge in [0, 0.05) is 5.37 Å². The van der Waals surface area contributed by atoms with Gasteiger partial charge in [0.2, 0.25) is 0 Å². The molecule has 0 unspecified atom stereocenters. The van der Waals surface area contributed by atoms with Crippen molar-refractivity contribution in [3.63, 3.8) is 0 Å². The first-order valence-electron chi connectivity index (χ1n) is 5.76. The SMILES string of the molecule is CCCCCCCCCCC[C]=S. The van der Waals surface area contributed by atoms with E-state index in [2.05, 4.69) is 24.5 Å². The van der Waals surface area contributed by atoms with Crippen LogP contribution in [0.4, 0.5) is 0 Å². The molecule has 0 aromatic carbocycles. The summed E-state index contributed by atoms with van der Waals surface area (Å²) in [6.07, 6.45) is 13.5. The molecule has 0 aliphatic heterocycles. The van der Waals surface area contributed by atoms with E-state index < -0.39 is 0 Å². The van der Waals surface area contributed by atoms with E-state index in [1.165, 1.54) is 57.8 Å². The minimum Gasteiger partial charge on any atom is -0.0837 e. The fourth-order valence-electron chi connectivity index (χ4n) is 1.51. The van der Waals surface area contributed by atoms with Crippen LogP contribution in [0.5, 0.6) is 0 Å². The van der Waals surface area contributed by atoms with E-state index in [0.717, 1.165) is 6.42 Å². The average molecular weight is 199 g/mol. The summed E-state index contributed by atoms with van der Waals surface area (Å²) < 4.78 is 0. The van der Waals surface area contributed by atoms with Crippen LogP contribution in [0.1, 0.15) is 71.1 Å². The third-order valence-electron chi connectivity index (χ3n) is 2.38. The minimum absolute atomic E-state index is 1.01. The Morgan fingerprint density at radius 1 is 0.769 bits per heavy atom. The highest BCUT2D eigenvalue weighted by atomic mass is 32.1. The largest absolute Gasteiger partial charge is 0.0837 e. The van der Waals surface area contributed by atoms with Crippen LogP contribution in [-0.4, -0.2) is 5.37 Å². The fraction of sp³-hybridized carbons (Fsp3) is 0.917. The van der Waals surface area contributed by atoms with Gasteiger partial charge in [0.15, 0.2) is 0 Å². The second-order valence-electron chi connectivity index (χ2n) is 3.72. The van der Waals surface area contributed by atoms with Gasteiger partial charge in [-0.25, -0.2) is 0 Å². The van der Waals surface area contributed by atoms with Crippen molar-refractivity contribution in [2.24, 2.45) is 0 Å². The molecule has 0 aliphatic rings. The summed E-state index contributed by atoms with van der Waals surface area (Å²) in [7, 11) is 0. The smallest absolute Gasteiger partial charge is 0.0291 e. The predicted octanol–water partition coefficient (Wildman–Crippen LogP) is 4.78. The molecule has 1 radical (unpaired) electrons. The summed E-state index contributed by atoms with van der Waals surface area (Å²) in [4.78, 5) is 0. The Morgan fingerprint density at radius 2 is 1.23 bits per heavy atom. The molecule has 0 aromatic rings. The van der Waals surface area contributed by atoms with Gasteiger partial charge in [-0.05, 0) is 12.8 Å². The monoisotopic (exact) mass is 199 g/mol. The zero-order valence-electron chi connectivity index (χ0n) is 8.98. The molecule has 0 rings (SSSR count). The van der Waals surface area contributed by atoms with Crippen LogP contribution in [0.2, 0.25) is 0 Å². The topological polar surface area (TPSA) is 0 Å². The van der Waals surface area contributed by atoms with Crippen molar-refractivity contribution >= 4 is 17.6 Å². The molecular formula is C12H23S. The molecule has 0 aliphatic carbocycles. The first-order valence-corrected chi connectivity index (χ1v) is 6.17. The van der Waals surface area contributed by atoms with E-state index in [-0.39, 0.29) is 0 Å². The highest BCUT2D eigenvalue weighted by molar-refractivity contribution is 7.78. The molecule has 0 spiro atoms. The Hall–Kier alpha value is 0.0900. The van der Waals surface area contributed by atoms with Crippen LogP contribution < -0.4 is 0 Å². The molecule has 0 fully saturated rings. The van der Waals surface area contributed by atoms with Crippen molar-refractivity contribution in [1.82, 2.24) is 0 Å². The van der Waals surface area contributed by atoms with E-state index in [1.54, 1.807) is 0 Å². The molecule has 0 nitrogen and oxygen atoms in total. The first-order chi connectivity index (χ1) is 6.41. The lowest BCUT2D eigenvalue weighted by Crippen LogP contribution is -1.81. The number of thiocarbonyl (C=S) groups is 1. The molecule has 1 heteroatoms. The minimum atomic E-state index is 1.01. The van der Waals surface area contributed by atoms with Gasteiger partial charge < -0.3 is 0 Å². The Labute approximate surface area is 89.1 Å². The molecule has 0 amide bonds. The molecular weight excluding hydrogens is 176 g/mol. The van der Waals surface area contributed by atoms with Crippen LogP contribution in [0, 0.1) is 0 Å². The van der Waals surface area contributed by atoms with Gasteiger partial charge in [-0.15, -0.1) is 0 Å². The summed E-state index contributed by atoms with van der Waals surface area (Å²) in [6, 6.07) is 0. The van der Waals surface area contributed by atoms with Crippen LogP contribution in [0.15, 0.2) is 0 Å². The summed E-state index contributed by atoms with van der Waals surface area (Å²) in [6.45, 7) is 2.27. The lowest BCUT2D eigenvalue weighted by molar-refractivity contribution is 0.569. The summed E-state index contributed by atoms with van der Waals surface area (Å²) in [5, 5.41) is 2.77. The molecule has 77 valence electrons. The van der Waals surface area contributed by atoms with Gasteiger partial charge in [0.05, 0.1) is 0 Å². The zero-order chi connectivity index (χ0) is 9.78. The second-order valence-corrected chi connectivity index (χ2v) is 4.01. The van der Waals surface area contributed by atoms with Gasteiger partial charge in [-0.1, -0.05) is 70.5 Å². The van der Waals surface area contributed by atoms with Crippen molar-refractivity contribution in [2.45, 2.75) is 71.1 Å². The number of rotatable bonds is 10. The fourth-order valence-corrected chi connectivity index (χ4v) is 1.65. The highest BCUT2D eigenvalue weighted by Crippen LogP contribution is 2.09. The molecule has 13 heavy (non-hydrogen) atoms. The molecule has 0 saturated carbocycles. The lowest BCUT2D eigenvalue weighted by Gasteiger charge is -1.99. The van der Waals surface area contributed by atoms with Crippen molar-refractivity contribution in [2.75, 3.05) is 0 Å². The highest BCUT2D eigenvalue weighted by Gasteiger charge is 1.90. The third-order valence-corrected chi connectivity index (χ3v) is 2.59. The van der Waals surface area contributed by atoms with Crippen molar-refractivity contribution in [3.05, 3.63) is 0 Å². The Bertz CT molecular complexity index is 99.3. The van der Waals surface area contributed by atoms with E-state index in [4.69, 9.17) is 0 Å². The van der Waals surface area contributed by atoms with Crippen LogP contribution in [-0.2, 0) is 0 Å². The van der Waals surface area contributed by atoms with Gasteiger partial charge in [-0.2, -0.15) is 0 Å². The average Bonchev–Trinajstić information content (AvgIpc) is 2.16. The van der Waals surface area contributed by atoms with Gasteiger partial charge in [-0.3, -0.25) is 0 Å². The van der Waals surface area contributed by atoms with Crippen molar-refractivity contribution in [3.8, 4) is 0 Å². The number of hydrogen-bond acceptors (Lipinski definition) is 1. The zero-order valence-corrected chi connectivity index (χ0v) is 9.80. The lowest BCUT2D eigenvalue weighted by atomic mass is 10.1. The first kappa shape index (κ1) is 13.1. The predicted molar refractivity (Wildman–Crippen MR) is 64.4 cm³/mol. The van der Waals surface area contributed by atoms with Gasteiger partial charge >= 0.3 is 0 Å². The standard InChI is InChI=1S/C12H23S/c1-2-3-4-5-6-7-8-9-10-11-12-13/h2-11H2,1H3. The number of hydrogen-bond donors (Lipinski definition) is 0. The maximum absolute atomic E-state index is 4.65. The van der Waals surface area contributed by atoms with E-state index in [1.807, 2.05) is 0 Å². The van der Waals surface area contributed by atoms with Crippen molar-refractivity contribution < 1.29 is 0 Å². The summed E-state index contributed by atoms with van der Waals surface area (Å²) in [5.41, 5.74) is 0. The Morgan fingerprint density at radius 3 is 1.69 bits per heavy atom. The Kier molecular flexibility index (Phi) is 12.2. The maximum Gasteiger partial charge on any atom is 0.0291 e. The summed E-state index contributed by atoms with van der Waals surface area (Å²) >= 11 is 4.65. The van der Waals surface area contributed by atoms with Crippen LogP contribution in [0.3, 0.4) is 0 Å². The molecule has 0 N–H and O–H groups in total. The second kappa shape index (κ2) is 12.1. The van der Waals surface area contributed by atoms with Crippen LogP contribution in [0.25, 0.3) is 0 Å². The molecule has 0 aromatic heterocycles. The van der Waals surface area contributed by atoms with E-state index in [0.29, 0.717) is 0 Å². The maximum atomic E-state index is 4.65. The third kappa shape index (κ3) is 12.1. The van der Waals surface area contributed by atoms with Crippen LogP contribution >= 0.6 is 12.2 Å². The summed E-state index contributed by atoms with van der Waals surface area (Å²) in [5.74, 6) is 0. The van der Waals surface area contributed by atoms with E-state index in [9.17, 15) is 0 Å². The molecule has 0 saturated heterocycles. The number of unbranched alkanes of at least 4 members (excludes halogenated alkanes) is 9. The normalized spacial score (nSPS) is 10.2. The molecule has 0 atom stereocenters. The quantitative estimate of drug-likeness (QED) is 0.360. The van der Waals surface area contributed by atoms with Crippen molar-refractivity contribution in [1.29, 1.82) is 0 Å². The molecule has 0 heterocycles. The van der Waals surface area contributed by atoms with Gasteiger partial charge in [0.1, 0.15) is 0 Å². The van der Waals surface area contributed by atoms with E-state index >= 15 is 0 Å². The Balaban J connectivity index is 2.79.